The fourth-order valence-corrected chi connectivity index (χ4v) is 2.89. The SMILES string of the molecule is CCc1ccc([C@@H]2CNCCN2C(=O)c2cn(C)cn2)cc1. The molecule has 22 heavy (non-hydrogen) atoms. The molecular weight excluding hydrogens is 276 g/mol. The van der Waals surface area contributed by atoms with Crippen LogP contribution in [0.2, 0.25) is 0 Å². The molecule has 3 rings (SSSR count). The Hall–Kier alpha value is -2.14. The highest BCUT2D eigenvalue weighted by molar-refractivity contribution is 5.92. The predicted octanol–water partition coefficient (Wildman–Crippen LogP) is 1.77. The van der Waals surface area contributed by atoms with Gasteiger partial charge in [0, 0.05) is 32.9 Å². The molecule has 1 saturated heterocycles. The van der Waals surface area contributed by atoms with E-state index < -0.39 is 0 Å². The molecule has 116 valence electrons. The van der Waals surface area contributed by atoms with E-state index in [0.29, 0.717) is 12.2 Å². The summed E-state index contributed by atoms with van der Waals surface area (Å²) in [6, 6.07) is 8.62. The number of imidazole rings is 1. The second-order valence-corrected chi connectivity index (χ2v) is 5.74. The van der Waals surface area contributed by atoms with E-state index >= 15 is 0 Å². The first-order valence-corrected chi connectivity index (χ1v) is 7.77. The maximum Gasteiger partial charge on any atom is 0.274 e. The molecule has 1 fully saturated rings. The van der Waals surface area contributed by atoms with Crippen LogP contribution in [-0.2, 0) is 13.5 Å². The summed E-state index contributed by atoms with van der Waals surface area (Å²) in [5, 5.41) is 3.38. The number of amides is 1. The van der Waals surface area contributed by atoms with E-state index in [-0.39, 0.29) is 11.9 Å². The Morgan fingerprint density at radius 3 is 2.77 bits per heavy atom. The van der Waals surface area contributed by atoms with E-state index in [1.165, 1.54) is 11.1 Å². The summed E-state index contributed by atoms with van der Waals surface area (Å²) in [5.74, 6) is 0.00617. The number of carbonyl (C=O) groups is 1. The van der Waals surface area contributed by atoms with E-state index in [0.717, 1.165) is 19.5 Å². The second-order valence-electron chi connectivity index (χ2n) is 5.74. The minimum atomic E-state index is 0.00617. The molecule has 0 spiro atoms. The summed E-state index contributed by atoms with van der Waals surface area (Å²) in [5.41, 5.74) is 3.00. The van der Waals surface area contributed by atoms with Crippen LogP contribution in [0.15, 0.2) is 36.8 Å². The first-order chi connectivity index (χ1) is 10.7. The summed E-state index contributed by atoms with van der Waals surface area (Å²) in [7, 11) is 1.88. The molecule has 1 amide bonds. The van der Waals surface area contributed by atoms with Gasteiger partial charge in [-0.25, -0.2) is 4.98 Å². The summed E-state index contributed by atoms with van der Waals surface area (Å²) in [6.45, 7) is 4.45. The van der Waals surface area contributed by atoms with Crippen LogP contribution in [0.1, 0.15) is 34.6 Å². The van der Waals surface area contributed by atoms with Gasteiger partial charge in [-0.2, -0.15) is 0 Å². The first-order valence-electron chi connectivity index (χ1n) is 7.77. The molecule has 2 heterocycles. The predicted molar refractivity (Wildman–Crippen MR) is 85.7 cm³/mol. The van der Waals surface area contributed by atoms with Crippen LogP contribution in [0.5, 0.6) is 0 Å². The number of aromatic nitrogens is 2. The Kier molecular flexibility index (Phi) is 4.24. The molecule has 0 bridgehead atoms. The number of nitrogens with zero attached hydrogens (tertiary/aromatic N) is 3. The van der Waals surface area contributed by atoms with Gasteiger partial charge in [-0.3, -0.25) is 4.79 Å². The molecule has 0 aliphatic carbocycles. The van der Waals surface area contributed by atoms with Crippen molar-refractivity contribution in [1.82, 2.24) is 19.8 Å². The third kappa shape index (κ3) is 2.90. The van der Waals surface area contributed by atoms with Gasteiger partial charge >= 0.3 is 0 Å². The Morgan fingerprint density at radius 2 is 2.14 bits per heavy atom. The van der Waals surface area contributed by atoms with Crippen molar-refractivity contribution in [2.75, 3.05) is 19.6 Å². The number of piperazine rings is 1. The Morgan fingerprint density at radius 1 is 1.36 bits per heavy atom. The van der Waals surface area contributed by atoms with Gasteiger partial charge in [0.2, 0.25) is 0 Å². The number of hydrogen-bond acceptors (Lipinski definition) is 3. The highest BCUT2D eigenvalue weighted by atomic mass is 16.2. The van der Waals surface area contributed by atoms with Crippen molar-refractivity contribution in [3.63, 3.8) is 0 Å². The lowest BCUT2D eigenvalue weighted by Gasteiger charge is -2.36. The zero-order chi connectivity index (χ0) is 15.5. The molecular formula is C17H22N4O. The zero-order valence-corrected chi connectivity index (χ0v) is 13.1. The smallest absolute Gasteiger partial charge is 0.274 e. The maximum atomic E-state index is 12.7. The van der Waals surface area contributed by atoms with Gasteiger partial charge in [0.25, 0.3) is 5.91 Å². The maximum absolute atomic E-state index is 12.7. The van der Waals surface area contributed by atoms with Crippen molar-refractivity contribution in [1.29, 1.82) is 0 Å². The Bertz CT molecular complexity index is 647. The van der Waals surface area contributed by atoms with Gasteiger partial charge in [0.15, 0.2) is 0 Å². The largest absolute Gasteiger partial charge is 0.340 e. The minimum Gasteiger partial charge on any atom is -0.340 e. The molecule has 5 nitrogen and oxygen atoms in total. The third-order valence-electron chi connectivity index (χ3n) is 4.20. The first kappa shape index (κ1) is 14.8. The third-order valence-corrected chi connectivity index (χ3v) is 4.20. The van der Waals surface area contributed by atoms with E-state index in [1.807, 2.05) is 11.9 Å². The highest BCUT2D eigenvalue weighted by Gasteiger charge is 2.29. The van der Waals surface area contributed by atoms with Crippen molar-refractivity contribution >= 4 is 5.91 Å². The number of rotatable bonds is 3. The molecule has 0 saturated carbocycles. The molecule has 2 aromatic rings. The quantitative estimate of drug-likeness (QED) is 0.939. The van der Waals surface area contributed by atoms with Gasteiger partial charge in [-0.05, 0) is 17.5 Å². The monoisotopic (exact) mass is 298 g/mol. The molecule has 1 aromatic carbocycles. The number of benzene rings is 1. The van der Waals surface area contributed by atoms with Gasteiger partial charge in [-0.1, -0.05) is 31.2 Å². The van der Waals surface area contributed by atoms with Crippen LogP contribution in [0.3, 0.4) is 0 Å². The molecule has 0 radical (unpaired) electrons. The standard InChI is InChI=1S/C17H22N4O/c1-3-13-4-6-14(7-5-13)16-10-18-8-9-21(16)17(22)15-11-20(2)12-19-15/h4-7,11-12,16,18H,3,8-10H2,1-2H3/t16-/m0/s1. The van der Waals surface area contributed by atoms with Gasteiger partial charge in [0.05, 0.1) is 12.4 Å². The highest BCUT2D eigenvalue weighted by Crippen LogP contribution is 2.24. The molecule has 1 aliphatic heterocycles. The van der Waals surface area contributed by atoms with Crippen molar-refractivity contribution in [3.05, 3.63) is 53.6 Å². The lowest BCUT2D eigenvalue weighted by molar-refractivity contribution is 0.0628. The Labute approximate surface area is 131 Å². The molecule has 1 aliphatic rings. The fraction of sp³-hybridized carbons (Fsp3) is 0.412. The van der Waals surface area contributed by atoms with Crippen molar-refractivity contribution < 1.29 is 4.79 Å². The molecule has 5 heteroatoms. The average molecular weight is 298 g/mol. The minimum absolute atomic E-state index is 0.00617. The summed E-state index contributed by atoms with van der Waals surface area (Å²) in [6.07, 6.45) is 4.47. The van der Waals surface area contributed by atoms with Gasteiger partial charge in [0.1, 0.15) is 5.69 Å². The number of aryl methyl sites for hydroxylation is 2. The van der Waals surface area contributed by atoms with Crippen LogP contribution in [-0.4, -0.2) is 40.0 Å². The second kappa shape index (κ2) is 6.32. The molecule has 0 unspecified atom stereocenters. The number of hydrogen-bond donors (Lipinski definition) is 1. The summed E-state index contributed by atoms with van der Waals surface area (Å²) >= 11 is 0. The van der Waals surface area contributed by atoms with Crippen LogP contribution in [0.4, 0.5) is 0 Å². The van der Waals surface area contributed by atoms with E-state index in [1.54, 1.807) is 17.1 Å². The molecule has 1 aromatic heterocycles. The van der Waals surface area contributed by atoms with Crippen molar-refractivity contribution in [3.8, 4) is 0 Å². The van der Waals surface area contributed by atoms with E-state index in [4.69, 9.17) is 0 Å². The molecule has 1 N–H and O–H groups in total. The topological polar surface area (TPSA) is 50.2 Å². The number of carbonyl (C=O) groups excluding carboxylic acids is 1. The summed E-state index contributed by atoms with van der Waals surface area (Å²) < 4.78 is 1.81. The normalized spacial score (nSPS) is 18.5. The van der Waals surface area contributed by atoms with Gasteiger partial charge < -0.3 is 14.8 Å². The zero-order valence-electron chi connectivity index (χ0n) is 13.1. The lowest BCUT2D eigenvalue weighted by Crippen LogP contribution is -2.48. The van der Waals surface area contributed by atoms with E-state index in [2.05, 4.69) is 41.5 Å². The van der Waals surface area contributed by atoms with E-state index in [9.17, 15) is 4.79 Å². The number of nitrogens with one attached hydrogen (secondary N) is 1. The lowest BCUT2D eigenvalue weighted by atomic mass is 10.0. The van der Waals surface area contributed by atoms with Gasteiger partial charge in [-0.15, -0.1) is 0 Å². The fourth-order valence-electron chi connectivity index (χ4n) is 2.89. The van der Waals surface area contributed by atoms with Crippen LogP contribution in [0, 0.1) is 0 Å². The average Bonchev–Trinajstić information content (AvgIpc) is 3.01. The Balaban J connectivity index is 1.85. The van der Waals surface area contributed by atoms with Crippen LogP contribution >= 0.6 is 0 Å². The molecule has 1 atom stereocenters. The van der Waals surface area contributed by atoms with Crippen molar-refractivity contribution in [2.24, 2.45) is 7.05 Å². The van der Waals surface area contributed by atoms with Crippen LogP contribution in [0.25, 0.3) is 0 Å². The van der Waals surface area contributed by atoms with Crippen LogP contribution < -0.4 is 5.32 Å². The van der Waals surface area contributed by atoms with Crippen molar-refractivity contribution in [2.45, 2.75) is 19.4 Å². The summed E-state index contributed by atoms with van der Waals surface area (Å²) in [4.78, 5) is 18.9.